The van der Waals surface area contributed by atoms with E-state index < -0.39 is 17.8 Å². The lowest BCUT2D eigenvalue weighted by Gasteiger charge is -2.30. The van der Waals surface area contributed by atoms with Crippen LogP contribution in [0.25, 0.3) is 11.1 Å². The van der Waals surface area contributed by atoms with Crippen molar-refractivity contribution < 1.29 is 18.7 Å². The molecule has 1 aliphatic heterocycles. The molecule has 0 spiro atoms. The van der Waals surface area contributed by atoms with Crippen LogP contribution in [-0.2, 0) is 0 Å². The number of likely N-dealkylation sites (tertiary alicyclic amines) is 1. The zero-order chi connectivity index (χ0) is 16.4. The molecule has 1 amide bonds. The van der Waals surface area contributed by atoms with Gasteiger partial charge >= 0.3 is 0 Å². The number of nitrogens with zero attached hydrogens (tertiary/aromatic N) is 1. The van der Waals surface area contributed by atoms with Gasteiger partial charge in [-0.25, -0.2) is 8.78 Å². The van der Waals surface area contributed by atoms with E-state index in [9.17, 15) is 18.7 Å². The number of β-amino-alcohol motifs (C(OH)–C–C–N with tert-alkyl or cyclic N) is 1. The fraction of sp³-hybridized carbons (Fsp3) is 0.278. The largest absolute Gasteiger partial charge is 0.391 e. The van der Waals surface area contributed by atoms with E-state index in [-0.39, 0.29) is 17.9 Å². The van der Waals surface area contributed by atoms with Crippen LogP contribution in [0.3, 0.4) is 0 Å². The van der Waals surface area contributed by atoms with E-state index in [0.717, 1.165) is 0 Å². The molecule has 120 valence electrons. The summed E-state index contributed by atoms with van der Waals surface area (Å²) in [6, 6.07) is 10.1. The smallest absolute Gasteiger partial charge is 0.256 e. The van der Waals surface area contributed by atoms with Gasteiger partial charge < -0.3 is 10.0 Å². The van der Waals surface area contributed by atoms with Crippen molar-refractivity contribution in [3.8, 4) is 11.1 Å². The van der Waals surface area contributed by atoms with Gasteiger partial charge in [0.25, 0.3) is 5.91 Å². The molecule has 23 heavy (non-hydrogen) atoms. The summed E-state index contributed by atoms with van der Waals surface area (Å²) in [6.45, 7) is 0.757. The Labute approximate surface area is 133 Å². The summed E-state index contributed by atoms with van der Waals surface area (Å²) in [4.78, 5) is 13.9. The normalized spacial score (nSPS) is 18.0. The van der Waals surface area contributed by atoms with Gasteiger partial charge in [0.15, 0.2) is 0 Å². The molecule has 0 aromatic heterocycles. The molecule has 0 radical (unpaired) electrons. The van der Waals surface area contributed by atoms with Gasteiger partial charge in [0.1, 0.15) is 11.6 Å². The molecule has 2 aromatic rings. The van der Waals surface area contributed by atoms with E-state index in [1.807, 2.05) is 0 Å². The SMILES string of the molecule is O=C(c1ccc(-c2ccc(F)cc2)cc1F)N1CCC[C@H](O)C1. The Kier molecular flexibility index (Phi) is 4.39. The molecule has 1 atom stereocenters. The third-order valence-electron chi connectivity index (χ3n) is 4.06. The Morgan fingerprint density at radius 1 is 1.09 bits per heavy atom. The summed E-state index contributed by atoms with van der Waals surface area (Å²) in [6.07, 6.45) is 0.826. The topological polar surface area (TPSA) is 40.5 Å². The fourth-order valence-electron chi connectivity index (χ4n) is 2.82. The number of piperidine rings is 1. The second-order valence-corrected chi connectivity index (χ2v) is 5.75. The van der Waals surface area contributed by atoms with E-state index in [0.29, 0.717) is 30.5 Å². The molecule has 1 aliphatic rings. The number of rotatable bonds is 2. The molecule has 5 heteroatoms. The molecule has 1 saturated heterocycles. The zero-order valence-corrected chi connectivity index (χ0v) is 12.5. The maximum atomic E-state index is 14.3. The highest BCUT2D eigenvalue weighted by Crippen LogP contribution is 2.24. The van der Waals surface area contributed by atoms with Crippen molar-refractivity contribution in [1.29, 1.82) is 0 Å². The first kappa shape index (κ1) is 15.6. The first-order valence-electron chi connectivity index (χ1n) is 7.57. The van der Waals surface area contributed by atoms with Gasteiger partial charge in [0.2, 0.25) is 0 Å². The van der Waals surface area contributed by atoms with Gasteiger partial charge in [-0.05, 0) is 48.2 Å². The van der Waals surface area contributed by atoms with Crippen LogP contribution in [-0.4, -0.2) is 35.1 Å². The lowest BCUT2D eigenvalue weighted by molar-refractivity contribution is 0.0470. The molecule has 3 nitrogen and oxygen atoms in total. The Hall–Kier alpha value is -2.27. The molecular formula is C18H17F2NO2. The van der Waals surface area contributed by atoms with Crippen molar-refractivity contribution in [2.75, 3.05) is 13.1 Å². The lowest BCUT2D eigenvalue weighted by Crippen LogP contribution is -2.42. The van der Waals surface area contributed by atoms with Crippen LogP contribution in [0.1, 0.15) is 23.2 Å². The summed E-state index contributed by atoms with van der Waals surface area (Å²) in [5, 5.41) is 9.64. The number of carbonyl (C=O) groups is 1. The molecule has 0 saturated carbocycles. The van der Waals surface area contributed by atoms with Gasteiger partial charge in [-0.3, -0.25) is 4.79 Å². The second kappa shape index (κ2) is 6.46. The van der Waals surface area contributed by atoms with Gasteiger partial charge in [-0.1, -0.05) is 18.2 Å². The third kappa shape index (κ3) is 3.40. The van der Waals surface area contributed by atoms with Crippen LogP contribution in [0.2, 0.25) is 0 Å². The third-order valence-corrected chi connectivity index (χ3v) is 4.06. The summed E-state index contributed by atoms with van der Waals surface area (Å²) >= 11 is 0. The Balaban J connectivity index is 1.84. The number of hydrogen-bond donors (Lipinski definition) is 1. The molecule has 1 heterocycles. The van der Waals surface area contributed by atoms with Crippen LogP contribution in [0.4, 0.5) is 8.78 Å². The van der Waals surface area contributed by atoms with Crippen LogP contribution >= 0.6 is 0 Å². The van der Waals surface area contributed by atoms with Gasteiger partial charge in [-0.2, -0.15) is 0 Å². The van der Waals surface area contributed by atoms with Gasteiger partial charge in [0, 0.05) is 13.1 Å². The number of amides is 1. The minimum atomic E-state index is -0.614. The first-order valence-corrected chi connectivity index (χ1v) is 7.57. The average Bonchev–Trinajstić information content (AvgIpc) is 2.55. The van der Waals surface area contributed by atoms with E-state index in [1.165, 1.54) is 29.2 Å². The number of benzene rings is 2. The number of carbonyl (C=O) groups excluding carboxylic acids is 1. The van der Waals surface area contributed by atoms with Crippen LogP contribution in [0, 0.1) is 11.6 Å². The second-order valence-electron chi connectivity index (χ2n) is 5.75. The molecule has 1 N–H and O–H groups in total. The van der Waals surface area contributed by atoms with E-state index in [4.69, 9.17) is 0 Å². The molecule has 0 unspecified atom stereocenters. The molecule has 2 aromatic carbocycles. The number of aliphatic hydroxyl groups is 1. The van der Waals surface area contributed by atoms with E-state index in [1.54, 1.807) is 18.2 Å². The highest BCUT2D eigenvalue weighted by Gasteiger charge is 2.25. The number of halogens is 2. The van der Waals surface area contributed by atoms with Crippen LogP contribution in [0.5, 0.6) is 0 Å². The zero-order valence-electron chi connectivity index (χ0n) is 12.5. The summed E-state index contributed by atoms with van der Waals surface area (Å²) in [5.74, 6) is -1.38. The van der Waals surface area contributed by atoms with Crippen molar-refractivity contribution in [3.63, 3.8) is 0 Å². The van der Waals surface area contributed by atoms with Crippen molar-refractivity contribution >= 4 is 5.91 Å². The Morgan fingerprint density at radius 3 is 2.43 bits per heavy atom. The molecule has 0 bridgehead atoms. The fourth-order valence-corrected chi connectivity index (χ4v) is 2.82. The van der Waals surface area contributed by atoms with E-state index in [2.05, 4.69) is 0 Å². The minimum Gasteiger partial charge on any atom is -0.391 e. The number of hydrogen-bond acceptors (Lipinski definition) is 2. The molecule has 0 aliphatic carbocycles. The predicted octanol–water partition coefficient (Wildman–Crippen LogP) is 3.23. The predicted molar refractivity (Wildman–Crippen MR) is 82.9 cm³/mol. The molecular weight excluding hydrogens is 300 g/mol. The summed E-state index contributed by atoms with van der Waals surface area (Å²) in [7, 11) is 0. The molecule has 1 fully saturated rings. The van der Waals surface area contributed by atoms with Crippen LogP contribution < -0.4 is 0 Å². The highest BCUT2D eigenvalue weighted by molar-refractivity contribution is 5.95. The summed E-state index contributed by atoms with van der Waals surface area (Å²) in [5.41, 5.74) is 1.25. The minimum absolute atomic E-state index is 0.00929. The van der Waals surface area contributed by atoms with Crippen LogP contribution in [0.15, 0.2) is 42.5 Å². The Bertz CT molecular complexity index is 715. The van der Waals surface area contributed by atoms with Crippen molar-refractivity contribution in [1.82, 2.24) is 4.90 Å². The number of aliphatic hydroxyl groups excluding tert-OH is 1. The quantitative estimate of drug-likeness (QED) is 0.924. The maximum Gasteiger partial charge on any atom is 0.256 e. The lowest BCUT2D eigenvalue weighted by atomic mass is 10.0. The standard InChI is InChI=1S/C18H17F2NO2/c19-14-6-3-12(4-7-14)13-5-8-16(17(20)10-13)18(23)21-9-1-2-15(22)11-21/h3-8,10,15,22H,1-2,9,11H2/t15-/m0/s1. The maximum absolute atomic E-state index is 14.3. The Morgan fingerprint density at radius 2 is 1.78 bits per heavy atom. The highest BCUT2D eigenvalue weighted by atomic mass is 19.1. The van der Waals surface area contributed by atoms with Crippen molar-refractivity contribution in [2.24, 2.45) is 0 Å². The summed E-state index contributed by atoms with van der Waals surface area (Å²) < 4.78 is 27.3. The van der Waals surface area contributed by atoms with Gasteiger partial charge in [-0.15, -0.1) is 0 Å². The monoisotopic (exact) mass is 317 g/mol. The first-order chi connectivity index (χ1) is 11.0. The average molecular weight is 317 g/mol. The van der Waals surface area contributed by atoms with Crippen molar-refractivity contribution in [3.05, 3.63) is 59.7 Å². The van der Waals surface area contributed by atoms with Gasteiger partial charge in [0.05, 0.1) is 11.7 Å². The van der Waals surface area contributed by atoms with E-state index >= 15 is 0 Å². The van der Waals surface area contributed by atoms with Crippen molar-refractivity contribution in [2.45, 2.75) is 18.9 Å². The molecule has 3 rings (SSSR count).